The van der Waals surface area contributed by atoms with Gasteiger partial charge >= 0.3 is 5.69 Å². The maximum atomic E-state index is 11.9. The Bertz CT molecular complexity index is 591. The number of aliphatic hydroxyl groups is 1. The lowest BCUT2D eigenvalue weighted by Crippen LogP contribution is -2.37. The van der Waals surface area contributed by atoms with Gasteiger partial charge in [-0.15, -0.1) is 0 Å². The summed E-state index contributed by atoms with van der Waals surface area (Å²) in [5, 5.41) is 10.1. The molecule has 2 rings (SSSR count). The Morgan fingerprint density at radius 2 is 2.10 bits per heavy atom. The molecule has 0 saturated carbocycles. The van der Waals surface area contributed by atoms with Crippen LogP contribution in [0.2, 0.25) is 0 Å². The summed E-state index contributed by atoms with van der Waals surface area (Å²) in [4.78, 5) is 27.7. The maximum Gasteiger partial charge on any atom is 0.330 e. The zero-order valence-corrected chi connectivity index (χ0v) is 12.7. The maximum absolute atomic E-state index is 11.9. The summed E-state index contributed by atoms with van der Waals surface area (Å²) in [7, 11) is 0. The number of aromatic amines is 1. The molecular formula is C14H23N3O4. The van der Waals surface area contributed by atoms with Gasteiger partial charge in [-0.3, -0.25) is 14.3 Å². The summed E-state index contributed by atoms with van der Waals surface area (Å²) in [5.41, 5.74) is -0.458. The fourth-order valence-electron chi connectivity index (χ4n) is 2.59. The van der Waals surface area contributed by atoms with Gasteiger partial charge in [-0.05, 0) is 20.0 Å². The Morgan fingerprint density at radius 3 is 2.71 bits per heavy atom. The number of nitrogens with zero attached hydrogens (tertiary/aromatic N) is 2. The molecule has 0 amide bonds. The molecule has 1 aliphatic heterocycles. The average molecular weight is 297 g/mol. The minimum Gasteiger partial charge on any atom is -0.390 e. The number of hydrogen-bond acceptors (Lipinski definition) is 5. The number of nitrogens with one attached hydrogen (secondary N) is 1. The predicted molar refractivity (Wildman–Crippen MR) is 78.4 cm³/mol. The van der Waals surface area contributed by atoms with Crippen LogP contribution in [0.1, 0.15) is 32.1 Å². The van der Waals surface area contributed by atoms with E-state index in [-0.39, 0.29) is 6.10 Å². The third-order valence-electron chi connectivity index (χ3n) is 3.99. The quantitative estimate of drug-likeness (QED) is 0.788. The highest BCUT2D eigenvalue weighted by molar-refractivity contribution is 5.02. The van der Waals surface area contributed by atoms with E-state index >= 15 is 0 Å². The number of aliphatic hydroxyl groups excluding tert-OH is 1. The molecule has 0 bridgehead atoms. The van der Waals surface area contributed by atoms with Crippen LogP contribution in [0, 0.1) is 6.92 Å². The van der Waals surface area contributed by atoms with Crippen LogP contribution in [0.5, 0.6) is 0 Å². The van der Waals surface area contributed by atoms with Gasteiger partial charge < -0.3 is 14.7 Å². The SMILES string of the molecule is CCN(CC)C[C@H]1O[C@@H](n2cc(C)c(=O)[nH]c2=O)C[C@@H]1O. The predicted octanol–water partition coefficient (Wildman–Crippen LogP) is -0.165. The third kappa shape index (κ3) is 3.42. The van der Waals surface area contributed by atoms with E-state index in [1.165, 1.54) is 10.8 Å². The normalized spacial score (nSPS) is 25.7. The van der Waals surface area contributed by atoms with Crippen molar-refractivity contribution < 1.29 is 9.84 Å². The molecule has 2 heterocycles. The molecule has 7 nitrogen and oxygen atoms in total. The van der Waals surface area contributed by atoms with Gasteiger partial charge in [0.25, 0.3) is 5.56 Å². The molecular weight excluding hydrogens is 274 g/mol. The standard InChI is InChI=1S/C14H23N3O4/c1-4-16(5-2)8-11-10(18)6-12(21-11)17-7-9(3)13(19)15-14(17)20/h7,10-12,18H,4-6,8H2,1-3H3,(H,15,19,20)/t10-,11+,12+/m0/s1. The number of likely N-dealkylation sites (N-methyl/N-ethyl adjacent to an activating group) is 1. The van der Waals surface area contributed by atoms with Gasteiger partial charge in [0, 0.05) is 24.7 Å². The lowest BCUT2D eigenvalue weighted by Gasteiger charge is -2.24. The second-order valence-corrected chi connectivity index (χ2v) is 5.40. The van der Waals surface area contributed by atoms with Crippen LogP contribution in [0.25, 0.3) is 0 Å². The van der Waals surface area contributed by atoms with Crippen molar-refractivity contribution in [2.75, 3.05) is 19.6 Å². The summed E-state index contributed by atoms with van der Waals surface area (Å²) in [5.74, 6) is 0. The number of H-pyrrole nitrogens is 1. The Balaban J connectivity index is 2.16. The summed E-state index contributed by atoms with van der Waals surface area (Å²) < 4.78 is 7.17. The number of ether oxygens (including phenoxy) is 1. The van der Waals surface area contributed by atoms with Crippen LogP contribution in [-0.2, 0) is 4.74 Å². The Morgan fingerprint density at radius 1 is 1.43 bits per heavy atom. The topological polar surface area (TPSA) is 87.6 Å². The molecule has 7 heteroatoms. The lowest BCUT2D eigenvalue weighted by atomic mass is 10.1. The molecule has 0 spiro atoms. The zero-order chi connectivity index (χ0) is 15.6. The zero-order valence-electron chi connectivity index (χ0n) is 12.7. The molecule has 1 aliphatic rings. The Kier molecular flexibility index (Phi) is 4.97. The minimum absolute atomic E-state index is 0.325. The first-order valence-electron chi connectivity index (χ1n) is 7.34. The molecule has 0 aliphatic carbocycles. The summed E-state index contributed by atoms with van der Waals surface area (Å²) >= 11 is 0. The van der Waals surface area contributed by atoms with Crippen molar-refractivity contribution in [3.63, 3.8) is 0 Å². The largest absolute Gasteiger partial charge is 0.390 e. The van der Waals surface area contributed by atoms with Crippen molar-refractivity contribution in [1.82, 2.24) is 14.5 Å². The molecule has 0 unspecified atom stereocenters. The van der Waals surface area contributed by atoms with E-state index in [0.29, 0.717) is 18.5 Å². The van der Waals surface area contributed by atoms with Crippen LogP contribution >= 0.6 is 0 Å². The minimum atomic E-state index is -0.616. The molecule has 1 aromatic rings. The van der Waals surface area contributed by atoms with Crippen molar-refractivity contribution >= 4 is 0 Å². The van der Waals surface area contributed by atoms with Crippen LogP contribution in [0.3, 0.4) is 0 Å². The average Bonchev–Trinajstić information content (AvgIpc) is 2.81. The molecule has 0 aromatic carbocycles. The van der Waals surface area contributed by atoms with Gasteiger partial charge in [0.15, 0.2) is 0 Å². The molecule has 1 saturated heterocycles. The van der Waals surface area contributed by atoms with E-state index in [0.717, 1.165) is 13.1 Å². The Hall–Kier alpha value is -1.44. The van der Waals surface area contributed by atoms with E-state index in [1.807, 2.05) is 0 Å². The van der Waals surface area contributed by atoms with Gasteiger partial charge in [0.1, 0.15) is 6.23 Å². The summed E-state index contributed by atoms with van der Waals surface area (Å²) in [6.07, 6.45) is 0.350. The van der Waals surface area contributed by atoms with Gasteiger partial charge in [0.05, 0.1) is 12.2 Å². The Labute approximate surface area is 123 Å². The van der Waals surface area contributed by atoms with Gasteiger partial charge in [-0.1, -0.05) is 13.8 Å². The van der Waals surface area contributed by atoms with Gasteiger partial charge in [-0.2, -0.15) is 0 Å². The van der Waals surface area contributed by atoms with Gasteiger partial charge in [-0.25, -0.2) is 4.79 Å². The highest BCUT2D eigenvalue weighted by atomic mass is 16.5. The van der Waals surface area contributed by atoms with Gasteiger partial charge in [0.2, 0.25) is 0 Å². The van der Waals surface area contributed by atoms with E-state index in [9.17, 15) is 14.7 Å². The molecule has 3 atom stereocenters. The van der Waals surface area contributed by atoms with Crippen molar-refractivity contribution in [3.05, 3.63) is 32.6 Å². The fraction of sp³-hybridized carbons (Fsp3) is 0.714. The smallest absolute Gasteiger partial charge is 0.330 e. The lowest BCUT2D eigenvalue weighted by molar-refractivity contribution is -0.0351. The highest BCUT2D eigenvalue weighted by Crippen LogP contribution is 2.28. The molecule has 2 N–H and O–H groups in total. The molecule has 21 heavy (non-hydrogen) atoms. The molecule has 118 valence electrons. The number of hydrogen-bond donors (Lipinski definition) is 2. The van der Waals surface area contributed by atoms with Crippen molar-refractivity contribution in [1.29, 1.82) is 0 Å². The first-order valence-corrected chi connectivity index (χ1v) is 7.34. The van der Waals surface area contributed by atoms with E-state index in [1.54, 1.807) is 6.92 Å². The number of aromatic nitrogens is 2. The van der Waals surface area contributed by atoms with E-state index in [2.05, 4.69) is 23.7 Å². The molecule has 1 aromatic heterocycles. The van der Waals surface area contributed by atoms with Crippen molar-refractivity contribution in [3.8, 4) is 0 Å². The number of rotatable bonds is 5. The monoisotopic (exact) mass is 297 g/mol. The first-order chi connectivity index (χ1) is 9.96. The molecule has 1 fully saturated rings. The fourth-order valence-corrected chi connectivity index (χ4v) is 2.59. The highest BCUT2D eigenvalue weighted by Gasteiger charge is 2.36. The van der Waals surface area contributed by atoms with Crippen molar-refractivity contribution in [2.24, 2.45) is 0 Å². The van der Waals surface area contributed by atoms with Crippen LogP contribution < -0.4 is 11.2 Å². The summed E-state index contributed by atoms with van der Waals surface area (Å²) in [6, 6.07) is 0. The van der Waals surface area contributed by atoms with Crippen molar-refractivity contribution in [2.45, 2.75) is 45.6 Å². The van der Waals surface area contributed by atoms with Crippen LogP contribution in [0.4, 0.5) is 0 Å². The second kappa shape index (κ2) is 6.55. The van der Waals surface area contributed by atoms with E-state index in [4.69, 9.17) is 4.74 Å². The van der Waals surface area contributed by atoms with Crippen LogP contribution in [-0.4, -0.2) is 51.4 Å². The van der Waals surface area contributed by atoms with E-state index < -0.39 is 23.6 Å². The van der Waals surface area contributed by atoms with Crippen LogP contribution in [0.15, 0.2) is 15.8 Å². The second-order valence-electron chi connectivity index (χ2n) is 5.40. The molecule has 0 radical (unpaired) electrons. The first kappa shape index (κ1) is 15.9. The third-order valence-corrected chi connectivity index (χ3v) is 3.99. The number of aryl methyl sites for hydroxylation is 1. The summed E-state index contributed by atoms with van der Waals surface area (Å²) in [6.45, 7) is 8.13.